The molecule has 7 heteroatoms. The number of halogens is 2. The SMILES string of the molecule is Cc1cc(/C(O)=C2/C(=O)C(=O)N(c3ccc(F)cc3)C2c2ccc(F)cc2)ccc1OC(C)C. The van der Waals surface area contributed by atoms with Gasteiger partial charge in [-0.1, -0.05) is 12.1 Å². The Balaban J connectivity index is 1.88. The second-order valence-corrected chi connectivity index (χ2v) is 8.34. The summed E-state index contributed by atoms with van der Waals surface area (Å²) >= 11 is 0. The highest BCUT2D eigenvalue weighted by molar-refractivity contribution is 6.51. The van der Waals surface area contributed by atoms with Gasteiger partial charge in [0.15, 0.2) is 0 Å². The van der Waals surface area contributed by atoms with Gasteiger partial charge in [-0.3, -0.25) is 14.5 Å². The van der Waals surface area contributed by atoms with E-state index in [-0.39, 0.29) is 23.1 Å². The average Bonchev–Trinajstić information content (AvgIpc) is 3.06. The minimum Gasteiger partial charge on any atom is -0.507 e. The molecule has 5 nitrogen and oxygen atoms in total. The maximum Gasteiger partial charge on any atom is 0.300 e. The quantitative estimate of drug-likeness (QED) is 0.300. The molecule has 0 radical (unpaired) electrons. The summed E-state index contributed by atoms with van der Waals surface area (Å²) in [6, 6.07) is 14.3. The number of aliphatic hydroxyl groups excluding tert-OH is 1. The smallest absolute Gasteiger partial charge is 0.300 e. The molecule has 1 amide bonds. The number of ketones is 1. The van der Waals surface area contributed by atoms with Gasteiger partial charge in [-0.25, -0.2) is 8.78 Å². The summed E-state index contributed by atoms with van der Waals surface area (Å²) in [6.45, 7) is 5.60. The average molecular weight is 463 g/mol. The summed E-state index contributed by atoms with van der Waals surface area (Å²) in [5.74, 6) is -2.49. The summed E-state index contributed by atoms with van der Waals surface area (Å²) in [5, 5.41) is 11.2. The number of aryl methyl sites for hydroxylation is 1. The van der Waals surface area contributed by atoms with Crippen LogP contribution in [-0.2, 0) is 9.59 Å². The van der Waals surface area contributed by atoms with Gasteiger partial charge in [0.1, 0.15) is 23.1 Å². The zero-order valence-corrected chi connectivity index (χ0v) is 18.9. The van der Waals surface area contributed by atoms with Crippen LogP contribution in [0.1, 0.15) is 36.6 Å². The summed E-state index contributed by atoms with van der Waals surface area (Å²) in [7, 11) is 0. The van der Waals surface area contributed by atoms with Crippen LogP contribution in [0.25, 0.3) is 5.76 Å². The lowest BCUT2D eigenvalue weighted by Gasteiger charge is -2.25. The maximum absolute atomic E-state index is 13.6. The molecule has 0 aromatic heterocycles. The minimum atomic E-state index is -1.03. The van der Waals surface area contributed by atoms with E-state index in [1.54, 1.807) is 18.2 Å². The van der Waals surface area contributed by atoms with Gasteiger partial charge in [-0.2, -0.15) is 0 Å². The van der Waals surface area contributed by atoms with E-state index in [1.807, 2.05) is 20.8 Å². The lowest BCUT2D eigenvalue weighted by molar-refractivity contribution is -0.132. The maximum atomic E-state index is 13.6. The van der Waals surface area contributed by atoms with Gasteiger partial charge in [0.05, 0.1) is 17.7 Å². The molecule has 1 saturated heterocycles. The highest BCUT2D eigenvalue weighted by Gasteiger charge is 2.47. The molecule has 0 aliphatic carbocycles. The Morgan fingerprint density at radius 2 is 1.53 bits per heavy atom. The summed E-state index contributed by atoms with van der Waals surface area (Å²) in [4.78, 5) is 27.4. The largest absolute Gasteiger partial charge is 0.507 e. The predicted octanol–water partition coefficient (Wildman–Crippen LogP) is 5.69. The highest BCUT2D eigenvalue weighted by atomic mass is 19.1. The van der Waals surface area contributed by atoms with Crippen LogP contribution in [0.3, 0.4) is 0 Å². The van der Waals surface area contributed by atoms with E-state index < -0.39 is 29.4 Å². The molecule has 34 heavy (non-hydrogen) atoms. The third kappa shape index (κ3) is 4.29. The summed E-state index contributed by atoms with van der Waals surface area (Å²) in [5.41, 5.74) is 1.62. The minimum absolute atomic E-state index is 0.0438. The van der Waals surface area contributed by atoms with Crippen LogP contribution >= 0.6 is 0 Å². The first kappa shape index (κ1) is 23.2. The Labute approximate surface area is 195 Å². The number of amides is 1. The van der Waals surface area contributed by atoms with Crippen molar-refractivity contribution >= 4 is 23.1 Å². The van der Waals surface area contributed by atoms with Crippen molar-refractivity contribution in [2.24, 2.45) is 0 Å². The number of Topliss-reactive ketones (excluding diaryl/α,β-unsaturated/α-hetero) is 1. The zero-order valence-electron chi connectivity index (χ0n) is 18.9. The Morgan fingerprint density at radius 3 is 2.09 bits per heavy atom. The number of carbonyl (C=O) groups excluding carboxylic acids is 2. The molecule has 1 N–H and O–H groups in total. The molecule has 1 fully saturated rings. The molecule has 174 valence electrons. The molecule has 1 heterocycles. The molecule has 0 bridgehead atoms. The molecular formula is C27H23F2NO4. The van der Waals surface area contributed by atoms with Crippen LogP contribution in [0.2, 0.25) is 0 Å². The lowest BCUT2D eigenvalue weighted by atomic mass is 9.94. The van der Waals surface area contributed by atoms with Crippen LogP contribution in [-0.4, -0.2) is 22.9 Å². The van der Waals surface area contributed by atoms with Gasteiger partial charge >= 0.3 is 0 Å². The Kier molecular flexibility index (Phi) is 6.20. The van der Waals surface area contributed by atoms with Crippen LogP contribution in [0, 0.1) is 18.6 Å². The normalized spacial score (nSPS) is 17.5. The van der Waals surface area contributed by atoms with Crippen LogP contribution in [0.5, 0.6) is 5.75 Å². The molecule has 0 saturated carbocycles. The van der Waals surface area contributed by atoms with Gasteiger partial charge < -0.3 is 9.84 Å². The predicted molar refractivity (Wildman–Crippen MR) is 125 cm³/mol. The lowest BCUT2D eigenvalue weighted by Crippen LogP contribution is -2.29. The molecule has 4 rings (SSSR count). The van der Waals surface area contributed by atoms with E-state index in [0.717, 1.165) is 5.56 Å². The monoisotopic (exact) mass is 463 g/mol. The van der Waals surface area contributed by atoms with E-state index in [2.05, 4.69) is 0 Å². The van der Waals surface area contributed by atoms with Crippen molar-refractivity contribution in [3.8, 4) is 5.75 Å². The number of rotatable bonds is 5. The van der Waals surface area contributed by atoms with Gasteiger partial charge in [-0.15, -0.1) is 0 Å². The van der Waals surface area contributed by atoms with E-state index in [0.29, 0.717) is 16.9 Å². The zero-order chi connectivity index (χ0) is 24.6. The number of carbonyl (C=O) groups is 2. The van der Waals surface area contributed by atoms with E-state index in [9.17, 15) is 23.5 Å². The van der Waals surface area contributed by atoms with Crippen molar-refractivity contribution in [2.45, 2.75) is 32.9 Å². The number of benzene rings is 3. The Bertz CT molecular complexity index is 1280. The second kappa shape index (κ2) is 9.09. The first-order valence-corrected chi connectivity index (χ1v) is 10.8. The standard InChI is InChI=1S/C27H23F2NO4/c1-15(2)34-22-13-6-18(14-16(22)3)25(31)23-24(17-4-7-19(28)8-5-17)30(27(33)26(23)32)21-11-9-20(29)10-12-21/h4-15,24,31H,1-3H3/b25-23-. The van der Waals surface area contributed by atoms with Crippen molar-refractivity contribution in [3.63, 3.8) is 0 Å². The fraction of sp³-hybridized carbons (Fsp3) is 0.185. The van der Waals surface area contributed by atoms with Gasteiger partial charge in [0.25, 0.3) is 11.7 Å². The molecule has 3 aromatic rings. The van der Waals surface area contributed by atoms with E-state index >= 15 is 0 Å². The third-order valence-corrected chi connectivity index (χ3v) is 5.55. The number of hydrogen-bond donors (Lipinski definition) is 1. The fourth-order valence-corrected chi connectivity index (χ4v) is 4.00. The Hall–Kier alpha value is -4.00. The van der Waals surface area contributed by atoms with E-state index in [4.69, 9.17) is 4.74 Å². The summed E-state index contributed by atoms with van der Waals surface area (Å²) < 4.78 is 32.9. The van der Waals surface area contributed by atoms with Gasteiger partial charge in [0, 0.05) is 11.3 Å². The molecule has 0 spiro atoms. The molecular weight excluding hydrogens is 440 g/mol. The van der Waals surface area contributed by atoms with E-state index in [1.165, 1.54) is 53.4 Å². The van der Waals surface area contributed by atoms with Crippen molar-refractivity contribution < 1.29 is 28.2 Å². The number of ether oxygens (including phenoxy) is 1. The third-order valence-electron chi connectivity index (χ3n) is 5.55. The molecule has 1 unspecified atom stereocenters. The first-order chi connectivity index (χ1) is 16.2. The summed E-state index contributed by atoms with van der Waals surface area (Å²) in [6.07, 6.45) is -0.0438. The van der Waals surface area contributed by atoms with Gasteiger partial charge in [-0.05, 0) is 86.5 Å². The van der Waals surface area contributed by atoms with Crippen molar-refractivity contribution in [3.05, 3.63) is 101 Å². The number of anilines is 1. The van der Waals surface area contributed by atoms with Crippen LogP contribution < -0.4 is 9.64 Å². The van der Waals surface area contributed by atoms with Crippen molar-refractivity contribution in [1.29, 1.82) is 0 Å². The molecule has 1 atom stereocenters. The first-order valence-electron chi connectivity index (χ1n) is 10.8. The topological polar surface area (TPSA) is 66.8 Å². The number of hydrogen-bond acceptors (Lipinski definition) is 4. The fourth-order valence-electron chi connectivity index (χ4n) is 4.00. The Morgan fingerprint density at radius 1 is 0.941 bits per heavy atom. The number of nitrogens with zero attached hydrogens (tertiary/aromatic N) is 1. The van der Waals surface area contributed by atoms with Crippen molar-refractivity contribution in [2.75, 3.05) is 4.90 Å². The van der Waals surface area contributed by atoms with Crippen molar-refractivity contribution in [1.82, 2.24) is 0 Å². The second-order valence-electron chi connectivity index (χ2n) is 8.34. The van der Waals surface area contributed by atoms with Crippen LogP contribution in [0.15, 0.2) is 72.3 Å². The highest BCUT2D eigenvalue weighted by Crippen LogP contribution is 2.42. The molecule has 3 aromatic carbocycles. The molecule has 1 aliphatic rings. The molecule has 1 aliphatic heterocycles. The van der Waals surface area contributed by atoms with Gasteiger partial charge in [0.2, 0.25) is 0 Å². The van der Waals surface area contributed by atoms with Crippen LogP contribution in [0.4, 0.5) is 14.5 Å². The number of aliphatic hydroxyl groups is 1.